The van der Waals surface area contributed by atoms with E-state index in [0.29, 0.717) is 43.9 Å². The van der Waals surface area contributed by atoms with E-state index in [1.807, 2.05) is 0 Å². The van der Waals surface area contributed by atoms with Gasteiger partial charge in [0.2, 0.25) is 5.88 Å². The van der Waals surface area contributed by atoms with E-state index in [1.165, 1.54) is 0 Å². The molecule has 1 aliphatic rings. The number of fused-ring (bicyclic) bond motifs is 1. The average molecular weight is 434 g/mol. The topological polar surface area (TPSA) is 81.4 Å². The molecule has 7 nitrogen and oxygen atoms in total. The lowest BCUT2D eigenvalue weighted by atomic mass is 9.90. The number of amides is 1. The number of carbonyl (C=O) groups is 1. The molecule has 0 N–H and O–H groups in total. The fourth-order valence-electron chi connectivity index (χ4n) is 3.77. The molecule has 0 spiro atoms. The highest BCUT2D eigenvalue weighted by molar-refractivity contribution is 5.82. The lowest BCUT2D eigenvalue weighted by Crippen LogP contribution is -2.40. The van der Waals surface area contributed by atoms with Crippen molar-refractivity contribution in [2.75, 3.05) is 19.7 Å². The zero-order valence-corrected chi connectivity index (χ0v) is 16.9. The molecule has 0 aromatic carbocycles. The highest BCUT2D eigenvalue weighted by Gasteiger charge is 2.38. The lowest BCUT2D eigenvalue weighted by molar-refractivity contribution is -0.136. The number of rotatable bonds is 5. The third kappa shape index (κ3) is 4.47. The van der Waals surface area contributed by atoms with Crippen LogP contribution in [0.4, 0.5) is 13.2 Å². The number of halogens is 3. The van der Waals surface area contributed by atoms with Gasteiger partial charge in [-0.1, -0.05) is 18.1 Å². The number of ether oxygens (including phenoxy) is 1. The SMILES string of the molecule is CCc1cc(C(F)(F)F)c2c(C3CCN(C(=O)COc4ccccn4)CC3)noc2n1. The highest BCUT2D eigenvalue weighted by atomic mass is 19.4. The molecule has 1 aliphatic heterocycles. The predicted octanol–water partition coefficient (Wildman–Crippen LogP) is 3.98. The molecule has 0 bridgehead atoms. The van der Waals surface area contributed by atoms with Crippen molar-refractivity contribution in [2.24, 2.45) is 0 Å². The first-order valence-corrected chi connectivity index (χ1v) is 10.0. The second-order valence-corrected chi connectivity index (χ2v) is 7.37. The van der Waals surface area contributed by atoms with Crippen LogP contribution in [0.5, 0.6) is 5.88 Å². The van der Waals surface area contributed by atoms with Crippen LogP contribution in [0.25, 0.3) is 11.1 Å². The van der Waals surface area contributed by atoms with Crippen LogP contribution in [0, 0.1) is 0 Å². The van der Waals surface area contributed by atoms with Gasteiger partial charge in [-0.25, -0.2) is 9.97 Å². The summed E-state index contributed by atoms with van der Waals surface area (Å²) >= 11 is 0. The van der Waals surface area contributed by atoms with Crippen molar-refractivity contribution < 1.29 is 27.2 Å². The number of hydrogen-bond donors (Lipinski definition) is 0. The Morgan fingerprint density at radius 1 is 1.29 bits per heavy atom. The summed E-state index contributed by atoms with van der Waals surface area (Å²) in [6.07, 6.45) is -1.66. The molecule has 1 amide bonds. The van der Waals surface area contributed by atoms with Crippen LogP contribution in [0.3, 0.4) is 0 Å². The Labute approximate surface area is 176 Å². The maximum absolute atomic E-state index is 13.7. The molecule has 1 fully saturated rings. The first kappa shape index (κ1) is 21.1. The molecule has 0 atom stereocenters. The molecule has 4 rings (SSSR count). The van der Waals surface area contributed by atoms with Gasteiger partial charge in [0.1, 0.15) is 0 Å². The van der Waals surface area contributed by atoms with E-state index in [2.05, 4.69) is 15.1 Å². The summed E-state index contributed by atoms with van der Waals surface area (Å²) in [6.45, 7) is 2.38. The lowest BCUT2D eigenvalue weighted by Gasteiger charge is -2.31. The van der Waals surface area contributed by atoms with Crippen molar-refractivity contribution in [3.8, 4) is 5.88 Å². The smallest absolute Gasteiger partial charge is 0.417 e. The number of nitrogens with zero attached hydrogens (tertiary/aromatic N) is 4. The summed E-state index contributed by atoms with van der Waals surface area (Å²) in [4.78, 5) is 22.2. The Morgan fingerprint density at radius 2 is 2.06 bits per heavy atom. The number of pyridine rings is 2. The first-order chi connectivity index (χ1) is 14.9. The monoisotopic (exact) mass is 434 g/mol. The Bertz CT molecular complexity index is 1060. The second-order valence-electron chi connectivity index (χ2n) is 7.37. The first-order valence-electron chi connectivity index (χ1n) is 10.0. The summed E-state index contributed by atoms with van der Waals surface area (Å²) < 4.78 is 51.6. The van der Waals surface area contributed by atoms with Gasteiger partial charge in [-0.2, -0.15) is 13.2 Å². The minimum Gasteiger partial charge on any atom is -0.468 e. The van der Waals surface area contributed by atoms with Crippen LogP contribution in [-0.4, -0.2) is 45.6 Å². The number of alkyl halides is 3. The number of likely N-dealkylation sites (tertiary alicyclic amines) is 1. The quantitative estimate of drug-likeness (QED) is 0.604. The van der Waals surface area contributed by atoms with Crippen molar-refractivity contribution in [3.05, 3.63) is 47.4 Å². The van der Waals surface area contributed by atoms with Crippen LogP contribution < -0.4 is 4.74 Å². The molecule has 0 saturated carbocycles. The Balaban J connectivity index is 1.47. The molecule has 31 heavy (non-hydrogen) atoms. The third-order valence-corrected chi connectivity index (χ3v) is 5.41. The summed E-state index contributed by atoms with van der Waals surface area (Å²) in [5.41, 5.74) is -0.304. The van der Waals surface area contributed by atoms with Crippen molar-refractivity contribution in [3.63, 3.8) is 0 Å². The van der Waals surface area contributed by atoms with Crippen LogP contribution in [0.15, 0.2) is 35.0 Å². The maximum Gasteiger partial charge on any atom is 0.417 e. The van der Waals surface area contributed by atoms with E-state index in [1.54, 1.807) is 36.2 Å². The normalized spacial score (nSPS) is 15.4. The molecule has 0 radical (unpaired) electrons. The Hall–Kier alpha value is -3.17. The number of piperidine rings is 1. The fraction of sp³-hybridized carbons (Fsp3) is 0.429. The number of hydrogen-bond acceptors (Lipinski definition) is 6. The molecular weight excluding hydrogens is 413 g/mol. The van der Waals surface area contributed by atoms with Crippen LogP contribution in [0.2, 0.25) is 0 Å². The van der Waals surface area contributed by atoms with Crippen molar-refractivity contribution >= 4 is 17.0 Å². The van der Waals surface area contributed by atoms with Gasteiger partial charge in [-0.3, -0.25) is 4.79 Å². The van der Waals surface area contributed by atoms with E-state index in [4.69, 9.17) is 9.26 Å². The molecule has 0 aliphatic carbocycles. The van der Waals surface area contributed by atoms with E-state index in [0.717, 1.165) is 6.07 Å². The minimum atomic E-state index is -4.54. The van der Waals surface area contributed by atoms with Crippen molar-refractivity contribution in [2.45, 2.75) is 38.3 Å². The fourth-order valence-corrected chi connectivity index (χ4v) is 3.77. The zero-order chi connectivity index (χ0) is 22.0. The van der Waals surface area contributed by atoms with Crippen molar-refractivity contribution in [1.82, 2.24) is 20.0 Å². The van der Waals surface area contributed by atoms with Gasteiger partial charge >= 0.3 is 6.18 Å². The minimum absolute atomic E-state index is 0.0760. The number of aryl methyl sites for hydroxylation is 1. The molecule has 3 aromatic rings. The van der Waals surface area contributed by atoms with Crippen LogP contribution >= 0.6 is 0 Å². The van der Waals surface area contributed by atoms with Gasteiger partial charge in [-0.05, 0) is 31.4 Å². The Kier molecular flexibility index (Phi) is 5.79. The van der Waals surface area contributed by atoms with E-state index in [9.17, 15) is 18.0 Å². The Morgan fingerprint density at radius 3 is 2.71 bits per heavy atom. The summed E-state index contributed by atoms with van der Waals surface area (Å²) in [7, 11) is 0. The maximum atomic E-state index is 13.7. The zero-order valence-electron chi connectivity index (χ0n) is 16.9. The molecule has 0 unspecified atom stereocenters. The van der Waals surface area contributed by atoms with Gasteiger partial charge in [0.15, 0.2) is 6.61 Å². The molecule has 1 saturated heterocycles. The van der Waals surface area contributed by atoms with E-state index >= 15 is 0 Å². The van der Waals surface area contributed by atoms with E-state index < -0.39 is 11.7 Å². The van der Waals surface area contributed by atoms with Gasteiger partial charge in [0.05, 0.1) is 16.6 Å². The van der Waals surface area contributed by atoms with Crippen molar-refractivity contribution in [1.29, 1.82) is 0 Å². The number of carbonyl (C=O) groups excluding carboxylic acids is 1. The van der Waals surface area contributed by atoms with E-state index in [-0.39, 0.29) is 35.2 Å². The molecule has 10 heteroatoms. The summed E-state index contributed by atoms with van der Waals surface area (Å²) in [6, 6.07) is 6.23. The third-order valence-electron chi connectivity index (χ3n) is 5.41. The molecule has 164 valence electrons. The molecule has 4 heterocycles. The predicted molar refractivity (Wildman–Crippen MR) is 104 cm³/mol. The van der Waals surface area contributed by atoms with Gasteiger partial charge < -0.3 is 14.2 Å². The summed E-state index contributed by atoms with van der Waals surface area (Å²) in [5, 5.41) is 3.86. The van der Waals surface area contributed by atoms with Gasteiger partial charge in [0, 0.05) is 37.0 Å². The molecular formula is C21H21F3N4O3. The number of aromatic nitrogens is 3. The standard InChI is InChI=1S/C21H21F3N4O3/c1-2-14-11-15(21(22,23)24)18-19(27-31-20(18)26-14)13-6-9-28(10-7-13)17(29)12-30-16-5-3-4-8-25-16/h3-5,8,11,13H,2,6-7,9-10,12H2,1H3. The second kappa shape index (κ2) is 8.52. The average Bonchev–Trinajstić information content (AvgIpc) is 3.20. The summed E-state index contributed by atoms with van der Waals surface area (Å²) in [5.74, 6) is -0.0878. The van der Waals surface area contributed by atoms with Crippen LogP contribution in [-0.2, 0) is 17.4 Å². The molecule has 3 aromatic heterocycles. The highest BCUT2D eigenvalue weighted by Crippen LogP contribution is 2.40. The largest absolute Gasteiger partial charge is 0.468 e. The van der Waals surface area contributed by atoms with Gasteiger partial charge in [-0.15, -0.1) is 0 Å². The van der Waals surface area contributed by atoms with Gasteiger partial charge in [0.25, 0.3) is 11.6 Å². The van der Waals surface area contributed by atoms with Crippen LogP contribution in [0.1, 0.15) is 42.6 Å².